The summed E-state index contributed by atoms with van der Waals surface area (Å²) in [6.45, 7) is 15.7. The van der Waals surface area contributed by atoms with Gasteiger partial charge in [0.25, 0.3) is 11.5 Å². The first-order valence-electron chi connectivity index (χ1n) is 17.3. The van der Waals surface area contributed by atoms with Crippen LogP contribution < -0.4 is 21.1 Å². The molecule has 256 valence electrons. The quantitative estimate of drug-likeness (QED) is 0.250. The molecule has 2 aliphatic rings. The van der Waals surface area contributed by atoms with E-state index in [1.165, 1.54) is 11.6 Å². The number of aryl methyl sites for hydroxylation is 2. The molecule has 2 atom stereocenters. The number of nitrogens with zero attached hydrogens (tertiary/aromatic N) is 2. The fourth-order valence-electron chi connectivity index (χ4n) is 7.45. The number of aromatic nitrogens is 1. The van der Waals surface area contributed by atoms with Crippen LogP contribution in [0, 0.1) is 26.7 Å². The number of ether oxygens (including phenoxy) is 1. The minimum atomic E-state index is -0.217. The summed E-state index contributed by atoms with van der Waals surface area (Å²) in [5.41, 5.74) is 7.78. The van der Waals surface area contributed by atoms with Gasteiger partial charge in [0, 0.05) is 68.4 Å². The molecule has 0 bridgehead atoms. The molecule has 48 heavy (non-hydrogen) atoms. The van der Waals surface area contributed by atoms with E-state index in [0.717, 1.165) is 79.0 Å². The molecule has 5 rings (SSSR count). The second-order valence-electron chi connectivity index (χ2n) is 13.3. The van der Waals surface area contributed by atoms with Crippen LogP contribution in [0.3, 0.4) is 0 Å². The number of rotatable bonds is 11. The van der Waals surface area contributed by atoms with Gasteiger partial charge >= 0.3 is 0 Å². The first kappa shape index (κ1) is 35.1. The predicted octanol–water partition coefficient (Wildman–Crippen LogP) is 5.07. The summed E-state index contributed by atoms with van der Waals surface area (Å²) in [5, 5.41) is 6.47. The third kappa shape index (κ3) is 7.90. The van der Waals surface area contributed by atoms with Crippen molar-refractivity contribution in [2.45, 2.75) is 72.1 Å². The number of amides is 2. The van der Waals surface area contributed by atoms with Gasteiger partial charge in [0.1, 0.15) is 0 Å². The van der Waals surface area contributed by atoms with Crippen LogP contribution in [-0.4, -0.2) is 73.7 Å². The fraction of sp³-hybridized carbons (Fsp3) is 0.462. The summed E-state index contributed by atoms with van der Waals surface area (Å²) < 4.78 is 5.75. The largest absolute Gasteiger partial charge is 0.380 e. The van der Waals surface area contributed by atoms with Crippen molar-refractivity contribution in [3.63, 3.8) is 0 Å². The third-order valence-corrected chi connectivity index (χ3v) is 10.2. The van der Waals surface area contributed by atoms with Gasteiger partial charge < -0.3 is 30.2 Å². The number of methoxy groups -OCH3 is 1. The zero-order valence-electron chi connectivity index (χ0n) is 29.2. The van der Waals surface area contributed by atoms with Gasteiger partial charge in [-0.2, -0.15) is 0 Å². The number of benzene rings is 2. The number of anilines is 1. The number of carbonyl (C=O) groups excluding carboxylic acids is 2. The average Bonchev–Trinajstić information content (AvgIpc) is 3.09. The Balaban J connectivity index is 1.46. The molecule has 3 aromatic rings. The van der Waals surface area contributed by atoms with Crippen LogP contribution in [0.5, 0.6) is 0 Å². The highest BCUT2D eigenvalue weighted by atomic mass is 16.5. The van der Waals surface area contributed by atoms with E-state index in [9.17, 15) is 14.4 Å². The maximum atomic E-state index is 13.9. The van der Waals surface area contributed by atoms with E-state index in [4.69, 9.17) is 4.74 Å². The lowest BCUT2D eigenvalue weighted by molar-refractivity contribution is -0.127. The highest BCUT2D eigenvalue weighted by Gasteiger charge is 2.28. The van der Waals surface area contributed by atoms with Gasteiger partial charge in [-0.05, 0) is 118 Å². The number of pyridine rings is 1. The molecule has 0 spiro atoms. The summed E-state index contributed by atoms with van der Waals surface area (Å²) in [4.78, 5) is 46.0. The van der Waals surface area contributed by atoms with Crippen molar-refractivity contribution in [3.05, 3.63) is 99.0 Å². The molecule has 2 amide bonds. The Morgan fingerprint density at radius 2 is 1.79 bits per heavy atom. The molecule has 0 saturated carbocycles. The molecule has 2 unspecified atom stereocenters. The second-order valence-corrected chi connectivity index (χ2v) is 13.3. The van der Waals surface area contributed by atoms with Crippen LogP contribution in [0.4, 0.5) is 5.69 Å². The van der Waals surface area contributed by atoms with Crippen LogP contribution >= 0.6 is 0 Å². The van der Waals surface area contributed by atoms with Crippen LogP contribution in [0.25, 0.3) is 11.1 Å². The highest BCUT2D eigenvalue weighted by molar-refractivity contribution is 5.99. The van der Waals surface area contributed by atoms with Crippen molar-refractivity contribution in [1.29, 1.82) is 0 Å². The molecule has 1 aromatic heterocycles. The molecule has 0 aliphatic carbocycles. The van der Waals surface area contributed by atoms with E-state index in [0.29, 0.717) is 30.1 Å². The molecule has 3 heterocycles. The maximum absolute atomic E-state index is 13.9. The molecule has 0 radical (unpaired) electrons. The number of aromatic amines is 1. The molecule has 2 fully saturated rings. The van der Waals surface area contributed by atoms with Crippen molar-refractivity contribution in [3.8, 4) is 11.1 Å². The minimum absolute atomic E-state index is 0.0300. The van der Waals surface area contributed by atoms with Gasteiger partial charge in [-0.25, -0.2) is 0 Å². The van der Waals surface area contributed by atoms with Gasteiger partial charge in [-0.15, -0.1) is 0 Å². The van der Waals surface area contributed by atoms with Crippen LogP contribution in [0.15, 0.2) is 59.9 Å². The number of likely N-dealkylation sites (tertiary alicyclic amines) is 1. The molecule has 9 heteroatoms. The monoisotopic (exact) mass is 653 g/mol. The zero-order valence-corrected chi connectivity index (χ0v) is 29.2. The molecule has 2 aromatic carbocycles. The lowest BCUT2D eigenvalue weighted by Gasteiger charge is -2.40. The van der Waals surface area contributed by atoms with E-state index in [2.05, 4.69) is 64.4 Å². The standard InChI is InChI=1S/C39H51N5O4/c1-7-37(45)43-17-14-32(15-18-43)44(8-2)35-22-31(29-11-9-28(10-12-29)20-30-13-16-40-24-36(30)48-6)21-33(27(35)5)38(46)41-23-34-25(3)19-26(4)42-39(34)47/h7,9-12,19,21-22,30,32,36,40H,1,8,13-18,20,23-24H2,2-6H3,(H,41,46)(H,42,47). The van der Waals surface area contributed by atoms with Crippen molar-refractivity contribution in [1.82, 2.24) is 20.5 Å². The van der Waals surface area contributed by atoms with E-state index in [1.807, 2.05) is 37.8 Å². The maximum Gasteiger partial charge on any atom is 0.253 e. The summed E-state index contributed by atoms with van der Waals surface area (Å²) in [7, 11) is 1.79. The number of nitrogens with one attached hydrogen (secondary N) is 3. The molecular weight excluding hydrogens is 602 g/mol. The Morgan fingerprint density at radius 3 is 2.44 bits per heavy atom. The van der Waals surface area contributed by atoms with E-state index in [1.54, 1.807) is 7.11 Å². The Kier molecular flexibility index (Phi) is 11.5. The normalized spacial score (nSPS) is 18.4. The van der Waals surface area contributed by atoms with Gasteiger partial charge in [0.05, 0.1) is 6.10 Å². The first-order valence-corrected chi connectivity index (χ1v) is 17.3. The number of piperidine rings is 2. The lowest BCUT2D eigenvalue weighted by Crippen LogP contribution is -2.46. The first-order chi connectivity index (χ1) is 23.1. The van der Waals surface area contributed by atoms with Crippen molar-refractivity contribution in [2.75, 3.05) is 44.7 Å². The number of hydrogen-bond donors (Lipinski definition) is 3. The lowest BCUT2D eigenvalue weighted by atomic mass is 9.88. The summed E-state index contributed by atoms with van der Waals surface area (Å²) in [6.07, 6.45) is 5.31. The summed E-state index contributed by atoms with van der Waals surface area (Å²) >= 11 is 0. The number of hydrogen-bond acceptors (Lipinski definition) is 6. The Labute approximate surface area is 284 Å². The van der Waals surface area contributed by atoms with Crippen molar-refractivity contribution in [2.24, 2.45) is 5.92 Å². The average molecular weight is 654 g/mol. The van der Waals surface area contributed by atoms with Crippen LogP contribution in [-0.2, 0) is 22.5 Å². The van der Waals surface area contributed by atoms with E-state index < -0.39 is 0 Å². The predicted molar refractivity (Wildman–Crippen MR) is 193 cm³/mol. The third-order valence-electron chi connectivity index (χ3n) is 10.2. The van der Waals surface area contributed by atoms with Gasteiger partial charge in [-0.1, -0.05) is 30.8 Å². The number of H-pyrrole nitrogens is 1. The summed E-state index contributed by atoms with van der Waals surface area (Å²) in [6, 6.07) is 15.0. The Bertz CT molecular complexity index is 1670. The van der Waals surface area contributed by atoms with Gasteiger partial charge in [0.15, 0.2) is 0 Å². The molecule has 3 N–H and O–H groups in total. The molecular formula is C39H51N5O4. The summed E-state index contributed by atoms with van der Waals surface area (Å²) in [5.74, 6) is 0.224. The van der Waals surface area contributed by atoms with Crippen LogP contribution in [0.1, 0.15) is 64.5 Å². The van der Waals surface area contributed by atoms with Crippen LogP contribution in [0.2, 0.25) is 0 Å². The Morgan fingerprint density at radius 1 is 1.06 bits per heavy atom. The number of carbonyl (C=O) groups is 2. The smallest absolute Gasteiger partial charge is 0.253 e. The van der Waals surface area contributed by atoms with E-state index >= 15 is 0 Å². The second kappa shape index (κ2) is 15.8. The van der Waals surface area contributed by atoms with Crippen molar-refractivity contribution < 1.29 is 14.3 Å². The zero-order chi connectivity index (χ0) is 34.4. The highest BCUT2D eigenvalue weighted by Crippen LogP contribution is 2.34. The Hall–Kier alpha value is -4.21. The molecule has 9 nitrogen and oxygen atoms in total. The van der Waals surface area contributed by atoms with E-state index in [-0.39, 0.29) is 36.1 Å². The molecule has 2 saturated heterocycles. The fourth-order valence-corrected chi connectivity index (χ4v) is 7.45. The van der Waals surface area contributed by atoms with Crippen molar-refractivity contribution >= 4 is 17.5 Å². The SMILES string of the molecule is C=CC(=O)N1CCC(N(CC)c2cc(-c3ccc(CC4CCNCC4OC)cc3)cc(C(=O)NCc3c(C)cc(C)[nH]c3=O)c2C)CC1. The van der Waals surface area contributed by atoms with Gasteiger partial charge in [-0.3, -0.25) is 14.4 Å². The topological polar surface area (TPSA) is 107 Å². The van der Waals surface area contributed by atoms with Gasteiger partial charge in [0.2, 0.25) is 5.91 Å². The minimum Gasteiger partial charge on any atom is -0.380 e. The molecule has 2 aliphatic heterocycles.